The van der Waals surface area contributed by atoms with E-state index >= 15 is 8.78 Å². The molecular weight excluding hydrogens is 687 g/mol. The summed E-state index contributed by atoms with van der Waals surface area (Å²) < 4.78 is 88.9. The summed E-state index contributed by atoms with van der Waals surface area (Å²) in [5.74, 6) is -3.84. The van der Waals surface area contributed by atoms with Gasteiger partial charge in [-0.05, 0) is 48.7 Å². The minimum atomic E-state index is -4.75. The summed E-state index contributed by atoms with van der Waals surface area (Å²) in [5, 5.41) is 5.37. The van der Waals surface area contributed by atoms with E-state index in [1.54, 1.807) is 28.6 Å². The molecule has 0 aliphatic carbocycles. The summed E-state index contributed by atoms with van der Waals surface area (Å²) in [5.41, 5.74) is 0.179. The number of ether oxygens (including phenoxy) is 2. The van der Waals surface area contributed by atoms with Crippen LogP contribution in [0.15, 0.2) is 61.1 Å². The maximum absolute atomic E-state index is 15.3. The number of pyridine rings is 1. The number of hydrogen-bond donors (Lipinski definition) is 2. The van der Waals surface area contributed by atoms with Crippen LogP contribution in [0.3, 0.4) is 0 Å². The lowest BCUT2D eigenvalue weighted by atomic mass is 9.92. The number of hydrogen-bond acceptors (Lipinski definition) is 7. The van der Waals surface area contributed by atoms with E-state index in [-0.39, 0.29) is 41.6 Å². The molecule has 52 heavy (non-hydrogen) atoms. The van der Waals surface area contributed by atoms with Gasteiger partial charge < -0.3 is 34.0 Å². The fourth-order valence-corrected chi connectivity index (χ4v) is 6.96. The molecule has 10 nitrogen and oxygen atoms in total. The largest absolute Gasteiger partial charge is 0.417 e. The molecule has 2 aliphatic rings. The van der Waals surface area contributed by atoms with Crippen LogP contribution in [0.5, 0.6) is 0 Å². The molecule has 7 rings (SSSR count). The second-order valence-corrected chi connectivity index (χ2v) is 12.8. The maximum atomic E-state index is 15.3. The Morgan fingerprint density at radius 2 is 1.94 bits per heavy atom. The van der Waals surface area contributed by atoms with Crippen LogP contribution in [0.4, 0.5) is 33.3 Å². The first-order chi connectivity index (χ1) is 25.0. The highest BCUT2D eigenvalue weighted by Gasteiger charge is 2.39. The molecule has 0 saturated carbocycles. The van der Waals surface area contributed by atoms with E-state index in [0.29, 0.717) is 60.5 Å². The lowest BCUT2D eigenvalue weighted by Gasteiger charge is -2.28. The number of likely N-dealkylation sites (N-methyl/N-ethyl adjacent to an activating group) is 1. The number of ketones is 1. The predicted molar refractivity (Wildman–Crippen MR) is 185 cm³/mol. The van der Waals surface area contributed by atoms with Crippen LogP contribution < -0.4 is 15.5 Å². The van der Waals surface area contributed by atoms with Crippen LogP contribution >= 0.6 is 0 Å². The molecule has 2 N–H and O–H groups in total. The van der Waals surface area contributed by atoms with Crippen molar-refractivity contribution in [3.8, 4) is 11.1 Å². The van der Waals surface area contributed by atoms with Crippen molar-refractivity contribution >= 4 is 39.6 Å². The fourth-order valence-electron chi connectivity index (χ4n) is 6.96. The molecule has 1 atom stereocenters. The topological polar surface area (TPSA) is 102 Å². The van der Waals surface area contributed by atoms with Gasteiger partial charge in [0.05, 0.1) is 47.5 Å². The van der Waals surface area contributed by atoms with E-state index in [9.17, 15) is 22.8 Å². The van der Waals surface area contributed by atoms with E-state index < -0.39 is 40.8 Å². The Morgan fingerprint density at radius 1 is 1.15 bits per heavy atom. The van der Waals surface area contributed by atoms with Gasteiger partial charge in [-0.1, -0.05) is 12.1 Å². The zero-order chi connectivity index (χ0) is 36.7. The van der Waals surface area contributed by atoms with Crippen molar-refractivity contribution in [1.29, 1.82) is 0 Å². The Balaban J connectivity index is 1.25. The van der Waals surface area contributed by atoms with Gasteiger partial charge in [-0.15, -0.1) is 0 Å². The number of anilines is 2. The number of fused-ring (bicyclic) bond motifs is 4. The van der Waals surface area contributed by atoms with Crippen LogP contribution in [0.1, 0.15) is 33.6 Å². The molecule has 0 unspecified atom stereocenters. The fraction of sp³-hybridized carbons (Fsp3) is 0.324. The number of alkyl halides is 3. The first kappa shape index (κ1) is 35.3. The minimum Gasteiger partial charge on any atom is -0.383 e. The van der Waals surface area contributed by atoms with Gasteiger partial charge >= 0.3 is 6.18 Å². The number of nitrogens with zero attached hydrogens (tertiary/aromatic N) is 4. The summed E-state index contributed by atoms with van der Waals surface area (Å²) in [6, 6.07) is 7.56. The highest BCUT2D eigenvalue weighted by Crippen LogP contribution is 2.48. The van der Waals surface area contributed by atoms with Crippen molar-refractivity contribution in [3.63, 3.8) is 0 Å². The van der Waals surface area contributed by atoms with Gasteiger partial charge in [-0.2, -0.15) is 13.2 Å². The Morgan fingerprint density at radius 3 is 2.65 bits per heavy atom. The molecule has 0 radical (unpaired) electrons. The number of aromatic nitrogens is 3. The Kier molecular flexibility index (Phi) is 9.59. The summed E-state index contributed by atoms with van der Waals surface area (Å²) in [6.45, 7) is 2.45. The second-order valence-electron chi connectivity index (χ2n) is 12.8. The van der Waals surface area contributed by atoms with Crippen molar-refractivity contribution in [3.05, 3.63) is 95.1 Å². The van der Waals surface area contributed by atoms with Crippen molar-refractivity contribution in [2.75, 3.05) is 57.3 Å². The highest BCUT2D eigenvalue weighted by molar-refractivity contribution is 6.11. The summed E-state index contributed by atoms with van der Waals surface area (Å²) in [6.07, 6.45) is 2.14. The van der Waals surface area contributed by atoms with Gasteiger partial charge in [0.25, 0.3) is 0 Å². The number of amides is 1. The monoisotopic (exact) mass is 722 g/mol. The quantitative estimate of drug-likeness (QED) is 0.104. The van der Waals surface area contributed by atoms with Gasteiger partial charge in [0.1, 0.15) is 22.8 Å². The second kappa shape index (κ2) is 14.1. The van der Waals surface area contributed by atoms with Crippen LogP contribution in [-0.4, -0.2) is 78.8 Å². The Hall–Kier alpha value is -5.12. The lowest BCUT2D eigenvalue weighted by molar-refractivity contribution is -0.137. The van der Waals surface area contributed by atoms with Crippen molar-refractivity contribution in [1.82, 2.24) is 19.3 Å². The Labute approximate surface area is 294 Å². The first-order valence-electron chi connectivity index (χ1n) is 16.7. The molecule has 3 aromatic heterocycles. The number of imidazole rings is 1. The van der Waals surface area contributed by atoms with Crippen LogP contribution in [0.2, 0.25) is 0 Å². The smallest absolute Gasteiger partial charge is 0.383 e. The van der Waals surface area contributed by atoms with Crippen LogP contribution in [0, 0.1) is 11.6 Å². The molecule has 0 spiro atoms. The summed E-state index contributed by atoms with van der Waals surface area (Å²) in [4.78, 5) is 32.6. The number of methoxy groups -OCH3 is 1. The molecule has 272 valence electrons. The number of rotatable bonds is 10. The molecule has 5 aromatic rings. The SMILES string of the molecule is COCCn1cnc2c3c(c(C(F)(F)F)cc21)-c1cccn2c(C(=O)c4cc(F)c(NC(=O)/C=C/CN[C@H]5CCOC5)c(F)c4)cc(c12)CCN3C. The number of carbonyl (C=O) groups is 2. The van der Waals surface area contributed by atoms with Crippen molar-refractivity contribution < 1.29 is 41.0 Å². The number of benzene rings is 2. The normalized spacial score (nSPS) is 16.1. The van der Waals surface area contributed by atoms with E-state index in [2.05, 4.69) is 15.6 Å². The third kappa shape index (κ3) is 6.55. The van der Waals surface area contributed by atoms with E-state index in [0.717, 1.165) is 30.7 Å². The number of halogens is 5. The molecule has 1 fully saturated rings. The molecular formula is C37H35F5N6O4. The van der Waals surface area contributed by atoms with Gasteiger partial charge in [-0.25, -0.2) is 13.8 Å². The zero-order valence-corrected chi connectivity index (χ0v) is 28.3. The number of nitrogens with one attached hydrogen (secondary N) is 2. The third-order valence-corrected chi connectivity index (χ3v) is 9.48. The van der Waals surface area contributed by atoms with Crippen molar-refractivity contribution in [2.24, 2.45) is 0 Å². The summed E-state index contributed by atoms with van der Waals surface area (Å²) >= 11 is 0. The van der Waals surface area contributed by atoms with Crippen LogP contribution in [-0.2, 0) is 33.4 Å². The average Bonchev–Trinajstić information content (AvgIpc) is 3.87. The van der Waals surface area contributed by atoms with Gasteiger partial charge in [0.15, 0.2) is 0 Å². The van der Waals surface area contributed by atoms with Gasteiger partial charge in [-0.3, -0.25) is 9.59 Å². The predicted octanol–water partition coefficient (Wildman–Crippen LogP) is 6.00. The standard InChI is InChI=1S/C37H35F5N6O4/c1-46-11-7-21-17-29(36(50)22-15-26(38)32(27(39)16-22)45-30(49)6-3-9-43-23-8-13-52-19-23)48-10-4-5-24(34(21)48)31-25(37(40,41)42)18-28-33(35(31)46)44-20-47(28)12-14-51-2/h3-6,10,15-18,20,23,43H,7-9,11-14,19H2,1-2H3,(H,45,49)/b6-3+/t23-/m0/s1. The van der Waals surface area contributed by atoms with Gasteiger partial charge in [0, 0.05) is 75.4 Å². The molecule has 15 heteroatoms. The first-order valence-corrected chi connectivity index (χ1v) is 16.7. The Bertz CT molecular complexity index is 2200. The van der Waals surface area contributed by atoms with E-state index in [1.807, 2.05) is 0 Å². The zero-order valence-electron chi connectivity index (χ0n) is 28.3. The molecule has 1 amide bonds. The molecule has 2 aliphatic heterocycles. The molecule has 1 saturated heterocycles. The number of carbonyl (C=O) groups excluding carboxylic acids is 2. The summed E-state index contributed by atoms with van der Waals surface area (Å²) in [7, 11) is 3.21. The van der Waals surface area contributed by atoms with E-state index in [1.165, 1.54) is 36.2 Å². The van der Waals surface area contributed by atoms with Gasteiger partial charge in [0.2, 0.25) is 11.7 Å². The minimum absolute atomic E-state index is 0.00937. The molecule has 5 heterocycles. The molecule has 2 aromatic carbocycles. The van der Waals surface area contributed by atoms with Crippen LogP contribution in [0.25, 0.3) is 27.7 Å². The molecule has 0 bridgehead atoms. The van der Waals surface area contributed by atoms with E-state index in [4.69, 9.17) is 9.47 Å². The third-order valence-electron chi connectivity index (χ3n) is 9.48. The lowest BCUT2D eigenvalue weighted by Crippen LogP contribution is -2.29. The maximum Gasteiger partial charge on any atom is 0.417 e. The van der Waals surface area contributed by atoms with Crippen molar-refractivity contribution in [2.45, 2.75) is 31.6 Å². The average molecular weight is 723 g/mol. The highest BCUT2D eigenvalue weighted by atomic mass is 19.4.